The zero-order chi connectivity index (χ0) is 63.8. The smallest absolute Gasteiger partial charge is 0.305 e. The van der Waals surface area contributed by atoms with Crippen molar-refractivity contribution >= 4 is 54.0 Å². The lowest BCUT2D eigenvalue weighted by molar-refractivity contribution is -0.144. The van der Waals surface area contributed by atoms with Gasteiger partial charge in [-0.1, -0.05) is 66.2 Å². The van der Waals surface area contributed by atoms with E-state index in [1.54, 1.807) is 59.1 Å². The Morgan fingerprint density at radius 3 is 1.41 bits per heavy atom. The van der Waals surface area contributed by atoms with E-state index in [-0.39, 0.29) is 77.2 Å². The first kappa shape index (κ1) is 83.7. The molecule has 0 fully saturated rings. The molecule has 0 spiro atoms. The molecule has 1 atom stereocenters. The van der Waals surface area contributed by atoms with Gasteiger partial charge in [0.15, 0.2) is 0 Å². The van der Waals surface area contributed by atoms with Gasteiger partial charge in [-0.2, -0.15) is 0 Å². The first-order chi connectivity index (χ1) is 41.3. The van der Waals surface area contributed by atoms with Crippen LogP contribution in [-0.2, 0) is 102 Å². The molecule has 1 aromatic rings. The predicted molar refractivity (Wildman–Crippen MR) is 319 cm³/mol. The summed E-state index contributed by atoms with van der Waals surface area (Å²) < 4.78 is 64.9. The third-order valence-corrected chi connectivity index (χ3v) is 10.4. The molecule has 27 heteroatoms. The SMILES string of the molecule is C/C=C\C(=O)N(C=O)CC(=O)N(CCOCCOCCOCCOCCOCCOCCOCCOCCOCCOCCOC)CCC(=O)NC(C(=O)NCC(=O)Nc1ccc(COC(=O)CC)cc1)C(C)C.CCC.CCCNC=O.CN. The molecule has 0 bridgehead atoms. The van der Waals surface area contributed by atoms with Crippen LogP contribution in [0.5, 0.6) is 0 Å². The summed E-state index contributed by atoms with van der Waals surface area (Å²) >= 11 is 0. The molecule has 0 radical (unpaired) electrons. The average Bonchev–Trinajstić information content (AvgIpc) is 3.63. The molecule has 0 heterocycles. The minimum absolute atomic E-state index is 0.0232. The highest BCUT2D eigenvalue weighted by Gasteiger charge is 2.26. The number of hydrogen-bond donors (Lipinski definition) is 5. The van der Waals surface area contributed by atoms with Crippen LogP contribution in [0.25, 0.3) is 0 Å². The molecule has 0 saturated carbocycles. The number of carbonyl (C=O) groups is 8. The summed E-state index contributed by atoms with van der Waals surface area (Å²) in [6, 6.07) is 5.66. The molecule has 1 unspecified atom stereocenters. The molecule has 0 aromatic heterocycles. The fourth-order valence-electron chi connectivity index (χ4n) is 6.06. The zero-order valence-electron chi connectivity index (χ0n) is 52.3. The van der Waals surface area contributed by atoms with Crippen molar-refractivity contribution in [1.82, 2.24) is 25.8 Å². The molecule has 0 aliphatic carbocycles. The van der Waals surface area contributed by atoms with Crippen LogP contribution in [0.1, 0.15) is 79.7 Å². The largest absolute Gasteiger partial charge is 0.461 e. The van der Waals surface area contributed by atoms with Crippen molar-refractivity contribution < 1.29 is 95.2 Å². The van der Waals surface area contributed by atoms with Crippen LogP contribution >= 0.6 is 0 Å². The fourth-order valence-corrected chi connectivity index (χ4v) is 6.06. The van der Waals surface area contributed by atoms with Crippen molar-refractivity contribution in [2.45, 2.75) is 86.8 Å². The Morgan fingerprint density at radius 2 is 1.05 bits per heavy atom. The van der Waals surface area contributed by atoms with Crippen LogP contribution in [0.3, 0.4) is 0 Å². The van der Waals surface area contributed by atoms with Gasteiger partial charge >= 0.3 is 5.97 Å². The fraction of sp³-hybridized carbons (Fsp3) is 0.724. The van der Waals surface area contributed by atoms with Crippen LogP contribution in [0, 0.1) is 5.92 Å². The first-order valence-electron chi connectivity index (χ1n) is 29.1. The highest BCUT2D eigenvalue weighted by molar-refractivity contribution is 5.98. The lowest BCUT2D eigenvalue weighted by atomic mass is 10.0. The van der Waals surface area contributed by atoms with Gasteiger partial charge in [0.2, 0.25) is 36.4 Å². The van der Waals surface area contributed by atoms with E-state index in [0.717, 1.165) is 24.6 Å². The number of amides is 7. The highest BCUT2D eigenvalue weighted by Crippen LogP contribution is 2.11. The van der Waals surface area contributed by atoms with E-state index in [0.29, 0.717) is 136 Å². The van der Waals surface area contributed by atoms with E-state index in [1.165, 1.54) is 24.4 Å². The number of carbonyl (C=O) groups excluding carboxylic acids is 8. The van der Waals surface area contributed by atoms with Crippen LogP contribution in [0.2, 0.25) is 0 Å². The predicted octanol–water partition coefficient (Wildman–Crippen LogP) is 2.06. The molecule has 1 aromatic carbocycles. The van der Waals surface area contributed by atoms with E-state index in [4.69, 9.17) is 56.8 Å². The third-order valence-electron chi connectivity index (χ3n) is 10.4. The normalized spacial score (nSPS) is 11.0. The standard InChI is InChI=1S/C50H83N5O19.C4H9NO.C3H8.CH5N/c1-6-8-46(59)55(40-56)38-47(60)54(14-13-44(57)53-49(41(3)4)50(62)51-37-45(58)52-43-11-9-42(10-12-43)39-74-48(61)7-2)15-16-64-19-20-66-23-24-68-27-28-70-31-32-72-35-36-73-34-33-71-30-29-69-26-25-67-22-21-65-18-17-63-5;1-2-3-5-4-6;1-3-2;1-2/h6,8-12,40-41,49H,7,13-39H2,1-5H3,(H,51,62)(H,52,58)(H,53,57);4H,2-3H2,1H3,(H,5,6);3H2,1-2H3;2H2,1H3/b8-6-;;;. The van der Waals surface area contributed by atoms with Crippen molar-refractivity contribution in [1.29, 1.82) is 0 Å². The van der Waals surface area contributed by atoms with Gasteiger partial charge < -0.3 is 88.7 Å². The monoisotopic (exact) mass is 1220 g/mol. The topological polar surface area (TPSA) is 328 Å². The Balaban J connectivity index is -0.00000560. The second-order valence-corrected chi connectivity index (χ2v) is 17.9. The molecule has 0 saturated heterocycles. The molecule has 0 aliphatic heterocycles. The van der Waals surface area contributed by atoms with E-state index < -0.39 is 42.1 Å². The molecule has 7 amide bonds. The van der Waals surface area contributed by atoms with Crippen LogP contribution < -0.4 is 27.0 Å². The number of esters is 1. The molecule has 1 rings (SSSR count). The average molecular weight is 1220 g/mol. The first-order valence-corrected chi connectivity index (χ1v) is 29.1. The molecule has 85 heavy (non-hydrogen) atoms. The number of benzene rings is 1. The van der Waals surface area contributed by atoms with Gasteiger partial charge in [0.1, 0.15) is 19.2 Å². The Labute approximate surface area is 504 Å². The lowest BCUT2D eigenvalue weighted by Gasteiger charge is -2.26. The third kappa shape index (κ3) is 54.8. The lowest BCUT2D eigenvalue weighted by Crippen LogP contribution is -2.51. The van der Waals surface area contributed by atoms with Gasteiger partial charge in [-0.15, -0.1) is 0 Å². The Morgan fingerprint density at radius 1 is 0.612 bits per heavy atom. The Kier molecular flexibility index (Phi) is 63.4. The van der Waals surface area contributed by atoms with Gasteiger partial charge in [-0.25, -0.2) is 0 Å². The number of nitrogens with two attached hydrogens (primary N) is 1. The second-order valence-electron chi connectivity index (χ2n) is 17.9. The molecule has 492 valence electrons. The Hall–Kier alpha value is -5.56. The minimum atomic E-state index is -1.01. The van der Waals surface area contributed by atoms with E-state index in [2.05, 4.69) is 40.8 Å². The van der Waals surface area contributed by atoms with E-state index in [1.807, 2.05) is 6.92 Å². The molecule has 0 aliphatic rings. The maximum atomic E-state index is 13.3. The van der Waals surface area contributed by atoms with Gasteiger partial charge in [-0.05, 0) is 50.1 Å². The summed E-state index contributed by atoms with van der Waals surface area (Å²) in [7, 11) is 3.13. The van der Waals surface area contributed by atoms with E-state index in [9.17, 15) is 38.4 Å². The van der Waals surface area contributed by atoms with Crippen LogP contribution in [0.4, 0.5) is 5.69 Å². The number of nitrogens with one attached hydrogen (secondary N) is 4. The molecular formula is C58H105N7O20. The van der Waals surface area contributed by atoms with Crippen molar-refractivity contribution in [2.75, 3.05) is 191 Å². The van der Waals surface area contributed by atoms with Gasteiger partial charge in [0.05, 0.1) is 145 Å². The number of allylic oxidation sites excluding steroid dienone is 1. The summed E-state index contributed by atoms with van der Waals surface area (Å²) in [6.45, 7) is 21.5. The summed E-state index contributed by atoms with van der Waals surface area (Å²) in [5.74, 6) is -3.63. The van der Waals surface area contributed by atoms with Crippen molar-refractivity contribution in [3.8, 4) is 0 Å². The maximum absolute atomic E-state index is 13.3. The number of ether oxygens (including phenoxy) is 12. The highest BCUT2D eigenvalue weighted by atomic mass is 16.6. The summed E-state index contributed by atoms with van der Waals surface area (Å²) in [4.78, 5) is 99.0. The number of anilines is 1. The number of methoxy groups -OCH3 is 1. The number of hydrogen-bond acceptors (Lipinski definition) is 21. The minimum Gasteiger partial charge on any atom is -0.461 e. The number of nitrogens with zero attached hydrogens (tertiary/aromatic N) is 2. The quantitative estimate of drug-likeness (QED) is 0.0270. The van der Waals surface area contributed by atoms with Crippen molar-refractivity contribution in [3.05, 3.63) is 42.0 Å². The second kappa shape index (κ2) is 64.4. The van der Waals surface area contributed by atoms with Crippen molar-refractivity contribution in [2.24, 2.45) is 11.7 Å². The summed E-state index contributed by atoms with van der Waals surface area (Å²) in [5, 5.41) is 10.4. The summed E-state index contributed by atoms with van der Waals surface area (Å²) in [6.07, 6.45) is 5.86. The van der Waals surface area contributed by atoms with Gasteiger partial charge in [0.25, 0.3) is 5.91 Å². The van der Waals surface area contributed by atoms with Gasteiger partial charge in [-0.3, -0.25) is 43.3 Å². The zero-order valence-corrected chi connectivity index (χ0v) is 52.3. The number of imide groups is 1. The Bertz CT molecular complexity index is 1820. The van der Waals surface area contributed by atoms with E-state index >= 15 is 0 Å². The van der Waals surface area contributed by atoms with Crippen LogP contribution in [-0.4, -0.2) is 250 Å². The van der Waals surface area contributed by atoms with Gasteiger partial charge in [0, 0.05) is 45.3 Å². The number of rotatable bonds is 52. The molecular weight excluding hydrogens is 1110 g/mol. The maximum Gasteiger partial charge on any atom is 0.305 e. The van der Waals surface area contributed by atoms with Crippen molar-refractivity contribution in [3.63, 3.8) is 0 Å². The summed E-state index contributed by atoms with van der Waals surface area (Å²) in [5.41, 5.74) is 5.70. The molecule has 27 nitrogen and oxygen atoms in total. The molecule has 6 N–H and O–H groups in total. The van der Waals surface area contributed by atoms with Crippen LogP contribution in [0.15, 0.2) is 36.4 Å².